The molecule has 0 heterocycles. The zero-order chi connectivity index (χ0) is 26.1. The Morgan fingerprint density at radius 3 is 1.83 bits per heavy atom. The second-order valence-corrected chi connectivity index (χ2v) is 10.9. The van der Waals surface area contributed by atoms with Crippen molar-refractivity contribution in [2.24, 2.45) is 0 Å². The van der Waals surface area contributed by atoms with E-state index in [0.29, 0.717) is 10.9 Å². The van der Waals surface area contributed by atoms with Crippen molar-refractivity contribution in [1.29, 1.82) is 0 Å². The van der Waals surface area contributed by atoms with Crippen molar-refractivity contribution >= 4 is 16.8 Å². The van der Waals surface area contributed by atoms with Gasteiger partial charge in [-0.1, -0.05) is 80.4 Å². The van der Waals surface area contributed by atoms with Crippen LogP contribution in [0.1, 0.15) is 67.2 Å². The van der Waals surface area contributed by atoms with Crippen LogP contribution in [0.15, 0.2) is 77.7 Å². The first-order chi connectivity index (χ1) is 17.3. The average molecular weight is 506 g/mol. The van der Waals surface area contributed by atoms with Gasteiger partial charge in [-0.2, -0.15) is 0 Å². The van der Waals surface area contributed by atoms with Gasteiger partial charge in [0.15, 0.2) is 0 Å². The summed E-state index contributed by atoms with van der Waals surface area (Å²) in [5.41, 5.74) is 5.42. The first-order valence-electron chi connectivity index (χ1n) is 13.0. The number of hydrogen-bond acceptors (Lipinski definition) is 4. The van der Waals surface area contributed by atoms with E-state index < -0.39 is 11.1 Å². The van der Waals surface area contributed by atoms with Crippen LogP contribution < -0.4 is 4.90 Å². The molecular weight excluding hydrogens is 464 g/mol. The van der Waals surface area contributed by atoms with Crippen LogP contribution in [0.4, 0.5) is 5.69 Å². The second-order valence-electron chi connectivity index (χ2n) is 10.0. The summed E-state index contributed by atoms with van der Waals surface area (Å²) in [5, 5.41) is 0. The van der Waals surface area contributed by atoms with Crippen LogP contribution in [0.2, 0.25) is 0 Å². The molecule has 194 valence electrons. The van der Waals surface area contributed by atoms with Crippen molar-refractivity contribution in [2.75, 3.05) is 33.1 Å². The van der Waals surface area contributed by atoms with E-state index in [9.17, 15) is 8.76 Å². The standard InChI is InChI=1S/C31H42N2O2S/c1-6-7-19-26(32(2)3)20-14-21-27-29(36(34)35)23-22-28(33(4)5)31(27)30(24-15-10-8-11-16-24)25-17-12-9-13-18-25/h8-13,15-18,22-23,26,30H,6-7,14,19-21H2,1-5H3,(H,34,35)/p-1. The highest BCUT2D eigenvalue weighted by Gasteiger charge is 2.26. The Balaban J connectivity index is 2.14. The minimum atomic E-state index is -2.31. The minimum Gasteiger partial charge on any atom is -0.768 e. The quantitative estimate of drug-likeness (QED) is 0.194. The van der Waals surface area contributed by atoms with Crippen molar-refractivity contribution in [3.63, 3.8) is 0 Å². The minimum absolute atomic E-state index is 0.0620. The third-order valence-corrected chi connectivity index (χ3v) is 7.83. The maximum absolute atomic E-state index is 12.5. The van der Waals surface area contributed by atoms with Gasteiger partial charge in [0, 0.05) is 36.6 Å². The largest absolute Gasteiger partial charge is 0.768 e. The van der Waals surface area contributed by atoms with E-state index in [1.807, 2.05) is 32.3 Å². The van der Waals surface area contributed by atoms with E-state index >= 15 is 0 Å². The van der Waals surface area contributed by atoms with Crippen LogP contribution in [0.25, 0.3) is 0 Å². The molecule has 0 saturated heterocycles. The van der Waals surface area contributed by atoms with Crippen molar-refractivity contribution in [3.8, 4) is 0 Å². The maximum atomic E-state index is 12.5. The predicted molar refractivity (Wildman–Crippen MR) is 152 cm³/mol. The number of rotatable bonds is 13. The SMILES string of the molecule is CCCCC(CCCc1c(S(=O)[O-])ccc(N(C)C)c1C(c1ccccc1)c1ccccc1)N(C)C. The van der Waals surface area contributed by atoms with E-state index in [1.54, 1.807) is 6.07 Å². The van der Waals surface area contributed by atoms with Crippen LogP contribution in [0.5, 0.6) is 0 Å². The average Bonchev–Trinajstić information content (AvgIpc) is 2.87. The van der Waals surface area contributed by atoms with E-state index in [-0.39, 0.29) is 5.92 Å². The van der Waals surface area contributed by atoms with E-state index in [2.05, 4.69) is 79.3 Å². The summed E-state index contributed by atoms with van der Waals surface area (Å²) in [6, 6.07) is 25.1. The Kier molecular flexibility index (Phi) is 10.7. The molecule has 0 fully saturated rings. The van der Waals surface area contributed by atoms with Gasteiger partial charge in [-0.3, -0.25) is 4.21 Å². The molecule has 36 heavy (non-hydrogen) atoms. The van der Waals surface area contributed by atoms with Crippen LogP contribution in [0, 0.1) is 0 Å². The van der Waals surface area contributed by atoms with Gasteiger partial charge in [0.25, 0.3) is 0 Å². The fourth-order valence-corrected chi connectivity index (χ4v) is 5.78. The van der Waals surface area contributed by atoms with Gasteiger partial charge in [0.05, 0.1) is 0 Å². The molecule has 0 aliphatic heterocycles. The molecule has 0 radical (unpaired) electrons. The Morgan fingerprint density at radius 1 is 0.806 bits per heavy atom. The Bertz CT molecular complexity index is 1060. The summed E-state index contributed by atoms with van der Waals surface area (Å²) < 4.78 is 25.0. The molecule has 0 saturated carbocycles. The lowest BCUT2D eigenvalue weighted by Gasteiger charge is -2.30. The van der Waals surface area contributed by atoms with E-state index in [4.69, 9.17) is 0 Å². The van der Waals surface area contributed by atoms with Gasteiger partial charge in [0.1, 0.15) is 0 Å². The smallest absolute Gasteiger partial charge is 0.0406 e. The van der Waals surface area contributed by atoms with Gasteiger partial charge < -0.3 is 14.4 Å². The van der Waals surface area contributed by atoms with Crippen molar-refractivity contribution in [3.05, 3.63) is 95.1 Å². The molecule has 0 N–H and O–H groups in total. The molecule has 4 nitrogen and oxygen atoms in total. The number of anilines is 1. The lowest BCUT2D eigenvalue weighted by Crippen LogP contribution is -2.28. The fraction of sp³-hybridized carbons (Fsp3) is 0.419. The van der Waals surface area contributed by atoms with Crippen LogP contribution in [-0.4, -0.2) is 47.9 Å². The molecule has 3 aromatic carbocycles. The van der Waals surface area contributed by atoms with Crippen LogP contribution in [0.3, 0.4) is 0 Å². The molecule has 0 amide bonds. The zero-order valence-corrected chi connectivity index (χ0v) is 23.3. The van der Waals surface area contributed by atoms with E-state index in [0.717, 1.165) is 47.2 Å². The van der Waals surface area contributed by atoms with Crippen molar-refractivity contribution in [1.82, 2.24) is 4.90 Å². The Morgan fingerprint density at radius 2 is 1.36 bits per heavy atom. The van der Waals surface area contributed by atoms with Gasteiger partial charge in [0.2, 0.25) is 0 Å². The summed E-state index contributed by atoms with van der Waals surface area (Å²) in [4.78, 5) is 4.84. The number of nitrogens with zero attached hydrogens (tertiary/aromatic N) is 2. The van der Waals surface area contributed by atoms with Crippen LogP contribution >= 0.6 is 0 Å². The van der Waals surface area contributed by atoms with Gasteiger partial charge >= 0.3 is 0 Å². The molecule has 2 unspecified atom stereocenters. The number of hydrogen-bond donors (Lipinski definition) is 0. The van der Waals surface area contributed by atoms with Crippen molar-refractivity contribution < 1.29 is 8.76 Å². The van der Waals surface area contributed by atoms with Gasteiger partial charge in [-0.15, -0.1) is 0 Å². The molecule has 3 aromatic rings. The highest BCUT2D eigenvalue weighted by Crippen LogP contribution is 2.41. The molecule has 0 aliphatic carbocycles. The third-order valence-electron chi connectivity index (χ3n) is 7.09. The zero-order valence-electron chi connectivity index (χ0n) is 22.4. The topological polar surface area (TPSA) is 46.6 Å². The lowest BCUT2D eigenvalue weighted by atomic mass is 9.80. The highest BCUT2D eigenvalue weighted by molar-refractivity contribution is 7.79. The summed E-state index contributed by atoms with van der Waals surface area (Å²) in [6.07, 6.45) is 6.29. The van der Waals surface area contributed by atoms with Gasteiger partial charge in [-0.05, 0) is 85.2 Å². The molecule has 0 spiro atoms. The normalized spacial score (nSPS) is 13.2. The molecular formula is C31H41N2O2S-. The van der Waals surface area contributed by atoms with Crippen LogP contribution in [-0.2, 0) is 17.5 Å². The van der Waals surface area contributed by atoms with E-state index in [1.165, 1.54) is 19.3 Å². The molecule has 0 aromatic heterocycles. The summed E-state index contributed by atoms with van der Waals surface area (Å²) in [6.45, 7) is 2.23. The third kappa shape index (κ3) is 7.06. The molecule has 5 heteroatoms. The summed E-state index contributed by atoms with van der Waals surface area (Å²) >= 11 is -2.31. The maximum Gasteiger partial charge on any atom is 0.0406 e. The molecule has 3 rings (SSSR count). The first kappa shape index (κ1) is 28.1. The monoisotopic (exact) mass is 505 g/mol. The predicted octanol–water partition coefficient (Wildman–Crippen LogP) is 6.61. The molecule has 0 aliphatic rings. The van der Waals surface area contributed by atoms with Gasteiger partial charge in [-0.25, -0.2) is 0 Å². The molecule has 0 bridgehead atoms. The highest BCUT2D eigenvalue weighted by atomic mass is 32.2. The van der Waals surface area contributed by atoms with Crippen molar-refractivity contribution in [2.45, 2.75) is 62.3 Å². The lowest BCUT2D eigenvalue weighted by molar-refractivity contribution is 0.255. The molecule has 2 atom stereocenters. The second kappa shape index (κ2) is 13.7. The Labute approximate surface area is 220 Å². The Hall–Kier alpha value is -2.47. The summed E-state index contributed by atoms with van der Waals surface area (Å²) in [7, 11) is 8.38. The number of unbranched alkanes of at least 4 members (excludes halogenated alkanes) is 1. The number of benzene rings is 3. The first-order valence-corrected chi connectivity index (χ1v) is 14.1. The fourth-order valence-electron chi connectivity index (χ4n) is 5.19. The summed E-state index contributed by atoms with van der Waals surface area (Å²) in [5.74, 6) is -0.0620.